The zero-order chi connectivity index (χ0) is 9.90. The van der Waals surface area contributed by atoms with Crippen LogP contribution < -0.4 is 0 Å². The molecule has 1 heterocycles. The van der Waals surface area contributed by atoms with E-state index in [1.54, 1.807) is 6.20 Å². The standard InChI is InChI=1S/C11H16N2/c1-5-10-6-8-12-13(10)9-7-11(2,3)4/h1,6,8H,7,9H2,2-4H3. The first kappa shape index (κ1) is 9.85. The normalized spacial score (nSPS) is 11.2. The van der Waals surface area contributed by atoms with Gasteiger partial charge in [0.2, 0.25) is 0 Å². The molecule has 0 spiro atoms. The second-order valence-electron chi connectivity index (χ2n) is 4.39. The molecule has 0 aromatic carbocycles. The Morgan fingerprint density at radius 3 is 2.77 bits per heavy atom. The van der Waals surface area contributed by atoms with Crippen molar-refractivity contribution in [1.29, 1.82) is 0 Å². The molecule has 0 amide bonds. The van der Waals surface area contributed by atoms with Gasteiger partial charge in [0, 0.05) is 6.54 Å². The second-order valence-corrected chi connectivity index (χ2v) is 4.39. The molecule has 2 nitrogen and oxygen atoms in total. The van der Waals surface area contributed by atoms with Crippen molar-refractivity contribution in [3.63, 3.8) is 0 Å². The van der Waals surface area contributed by atoms with Crippen molar-refractivity contribution in [2.45, 2.75) is 33.7 Å². The topological polar surface area (TPSA) is 17.8 Å². The minimum Gasteiger partial charge on any atom is -0.257 e. The second kappa shape index (κ2) is 3.66. The molecule has 2 heteroatoms. The van der Waals surface area contributed by atoms with E-state index >= 15 is 0 Å². The van der Waals surface area contributed by atoms with Gasteiger partial charge < -0.3 is 0 Å². The molecule has 13 heavy (non-hydrogen) atoms. The maximum absolute atomic E-state index is 5.32. The fraction of sp³-hybridized carbons (Fsp3) is 0.545. The van der Waals surface area contributed by atoms with E-state index in [4.69, 9.17) is 6.42 Å². The smallest absolute Gasteiger partial charge is 0.110 e. The van der Waals surface area contributed by atoms with Gasteiger partial charge in [-0.1, -0.05) is 26.7 Å². The first-order valence-corrected chi connectivity index (χ1v) is 4.51. The molecule has 0 saturated carbocycles. The Bertz CT molecular complexity index is 310. The lowest BCUT2D eigenvalue weighted by molar-refractivity contribution is 0.340. The summed E-state index contributed by atoms with van der Waals surface area (Å²) in [5.74, 6) is 2.61. The van der Waals surface area contributed by atoms with Crippen LogP contribution in [0.5, 0.6) is 0 Å². The first-order valence-electron chi connectivity index (χ1n) is 4.51. The maximum Gasteiger partial charge on any atom is 0.110 e. The van der Waals surface area contributed by atoms with Crippen molar-refractivity contribution in [2.24, 2.45) is 5.41 Å². The third-order valence-corrected chi connectivity index (χ3v) is 1.94. The quantitative estimate of drug-likeness (QED) is 0.632. The van der Waals surface area contributed by atoms with E-state index in [0.29, 0.717) is 5.41 Å². The van der Waals surface area contributed by atoms with Gasteiger partial charge in [-0.3, -0.25) is 4.68 Å². The molecule has 0 radical (unpaired) electrons. The van der Waals surface area contributed by atoms with Crippen molar-refractivity contribution in [2.75, 3.05) is 0 Å². The number of nitrogens with zero attached hydrogens (tertiary/aromatic N) is 2. The molecule has 0 fully saturated rings. The molecule has 1 aromatic heterocycles. The summed E-state index contributed by atoms with van der Waals surface area (Å²) >= 11 is 0. The van der Waals surface area contributed by atoms with Gasteiger partial charge in [0.05, 0.1) is 6.20 Å². The van der Waals surface area contributed by atoms with Crippen LogP contribution >= 0.6 is 0 Å². The minimum atomic E-state index is 0.331. The number of hydrogen-bond acceptors (Lipinski definition) is 1. The largest absolute Gasteiger partial charge is 0.257 e. The summed E-state index contributed by atoms with van der Waals surface area (Å²) in [6.07, 6.45) is 8.16. The average Bonchev–Trinajstić information content (AvgIpc) is 2.46. The number of hydrogen-bond donors (Lipinski definition) is 0. The summed E-state index contributed by atoms with van der Waals surface area (Å²) in [7, 11) is 0. The van der Waals surface area contributed by atoms with Crippen molar-refractivity contribution in [3.05, 3.63) is 18.0 Å². The molecule has 1 aromatic rings. The molecule has 0 unspecified atom stereocenters. The SMILES string of the molecule is C#Cc1ccnn1CCC(C)(C)C. The molecule has 0 aliphatic heterocycles. The molecule has 70 valence electrons. The predicted octanol–water partition coefficient (Wildman–Crippen LogP) is 2.30. The van der Waals surface area contributed by atoms with Crippen LogP contribution in [0.4, 0.5) is 0 Å². The van der Waals surface area contributed by atoms with E-state index in [1.807, 2.05) is 10.7 Å². The molecule has 0 bridgehead atoms. The van der Waals surface area contributed by atoms with Crippen LogP contribution in [0.2, 0.25) is 0 Å². The fourth-order valence-corrected chi connectivity index (χ4v) is 1.07. The molecule has 0 aliphatic carbocycles. The van der Waals surface area contributed by atoms with Gasteiger partial charge in [0.25, 0.3) is 0 Å². The molecule has 0 aliphatic rings. The van der Waals surface area contributed by atoms with Gasteiger partial charge in [-0.25, -0.2) is 0 Å². The average molecular weight is 176 g/mol. The van der Waals surface area contributed by atoms with E-state index in [2.05, 4.69) is 31.8 Å². The highest BCUT2D eigenvalue weighted by Gasteiger charge is 2.10. The molecule has 1 rings (SSSR count). The van der Waals surface area contributed by atoms with E-state index in [0.717, 1.165) is 18.7 Å². The van der Waals surface area contributed by atoms with Gasteiger partial charge in [0.1, 0.15) is 5.69 Å². The predicted molar refractivity (Wildman–Crippen MR) is 54.2 cm³/mol. The van der Waals surface area contributed by atoms with Crippen LogP contribution in [-0.4, -0.2) is 9.78 Å². The highest BCUT2D eigenvalue weighted by atomic mass is 15.3. The van der Waals surface area contributed by atoms with E-state index in [9.17, 15) is 0 Å². The van der Waals surface area contributed by atoms with Crippen molar-refractivity contribution >= 4 is 0 Å². The lowest BCUT2D eigenvalue weighted by atomic mass is 9.92. The third-order valence-electron chi connectivity index (χ3n) is 1.94. The zero-order valence-corrected chi connectivity index (χ0v) is 8.54. The monoisotopic (exact) mass is 176 g/mol. The van der Waals surface area contributed by atoms with Crippen molar-refractivity contribution in [3.8, 4) is 12.3 Å². The van der Waals surface area contributed by atoms with Crippen LogP contribution in [0, 0.1) is 17.8 Å². The highest BCUT2D eigenvalue weighted by molar-refractivity contribution is 5.22. The minimum absolute atomic E-state index is 0.331. The van der Waals surface area contributed by atoms with Crippen LogP contribution in [-0.2, 0) is 6.54 Å². The summed E-state index contributed by atoms with van der Waals surface area (Å²) in [4.78, 5) is 0. The number of terminal acetylenes is 1. The fourth-order valence-electron chi connectivity index (χ4n) is 1.07. The Labute approximate surface area is 80.0 Å². The van der Waals surface area contributed by atoms with Gasteiger partial charge in [0.15, 0.2) is 0 Å². The lowest BCUT2D eigenvalue weighted by Crippen LogP contribution is -2.12. The van der Waals surface area contributed by atoms with Crippen molar-refractivity contribution in [1.82, 2.24) is 9.78 Å². The van der Waals surface area contributed by atoms with Gasteiger partial charge in [-0.2, -0.15) is 5.10 Å². The van der Waals surface area contributed by atoms with Gasteiger partial charge in [-0.05, 0) is 17.9 Å². The Balaban J connectivity index is 2.61. The number of aromatic nitrogens is 2. The third kappa shape index (κ3) is 2.95. The maximum atomic E-state index is 5.32. The number of aryl methyl sites for hydroxylation is 1. The summed E-state index contributed by atoms with van der Waals surface area (Å²) in [6, 6.07) is 1.86. The molecular weight excluding hydrogens is 160 g/mol. The van der Waals surface area contributed by atoms with Crippen LogP contribution in [0.1, 0.15) is 32.9 Å². The molecule has 0 N–H and O–H groups in total. The van der Waals surface area contributed by atoms with Crippen LogP contribution in [0.25, 0.3) is 0 Å². The molecule has 0 atom stereocenters. The molecule has 0 saturated heterocycles. The Hall–Kier alpha value is -1.23. The van der Waals surface area contributed by atoms with Gasteiger partial charge >= 0.3 is 0 Å². The van der Waals surface area contributed by atoms with Gasteiger partial charge in [-0.15, -0.1) is 6.42 Å². The molecular formula is C11H16N2. The highest BCUT2D eigenvalue weighted by Crippen LogP contribution is 2.19. The van der Waals surface area contributed by atoms with Crippen molar-refractivity contribution < 1.29 is 0 Å². The summed E-state index contributed by atoms with van der Waals surface area (Å²) in [5.41, 5.74) is 1.20. The van der Waals surface area contributed by atoms with Crippen LogP contribution in [0.15, 0.2) is 12.3 Å². The van der Waals surface area contributed by atoms with E-state index in [-0.39, 0.29) is 0 Å². The Morgan fingerprint density at radius 2 is 2.23 bits per heavy atom. The summed E-state index contributed by atoms with van der Waals surface area (Å²) in [5, 5.41) is 4.16. The van der Waals surface area contributed by atoms with Crippen LogP contribution in [0.3, 0.4) is 0 Å². The summed E-state index contributed by atoms with van der Waals surface area (Å²) < 4.78 is 1.88. The van der Waals surface area contributed by atoms with E-state index < -0.39 is 0 Å². The van der Waals surface area contributed by atoms with E-state index in [1.165, 1.54) is 0 Å². The first-order chi connectivity index (χ1) is 6.03. The number of rotatable bonds is 2. The zero-order valence-electron chi connectivity index (χ0n) is 8.54. The summed E-state index contributed by atoms with van der Waals surface area (Å²) in [6.45, 7) is 7.54. The lowest BCUT2D eigenvalue weighted by Gasteiger charge is -2.17. The Morgan fingerprint density at radius 1 is 1.54 bits per heavy atom. The Kier molecular flexibility index (Phi) is 2.77.